The smallest absolute Gasteiger partial charge is 0.344 e. The van der Waals surface area contributed by atoms with Crippen molar-refractivity contribution >= 4 is 34.0 Å². The molecule has 0 unspecified atom stereocenters. The van der Waals surface area contributed by atoms with Crippen LogP contribution in [-0.2, 0) is 9.59 Å². The quantitative estimate of drug-likeness (QED) is 0.505. The maximum atomic E-state index is 11.7. The van der Waals surface area contributed by atoms with Crippen molar-refractivity contribution in [1.29, 1.82) is 0 Å². The number of hydrogen-bond acceptors (Lipinski definition) is 5. The number of carboxylic acids is 1. The molecule has 0 aliphatic carbocycles. The molecule has 8 heteroatoms. The van der Waals surface area contributed by atoms with Crippen LogP contribution < -0.4 is 14.9 Å². The molecule has 2 N–H and O–H groups in total. The Hall–Kier alpha value is -2.87. The van der Waals surface area contributed by atoms with Crippen LogP contribution in [0.3, 0.4) is 0 Å². The van der Waals surface area contributed by atoms with Crippen LogP contribution in [0.4, 0.5) is 0 Å². The molecule has 0 spiro atoms. The number of carbonyl (C=O) groups is 2. The third-order valence-corrected chi connectivity index (χ3v) is 3.66. The highest BCUT2D eigenvalue weighted by Crippen LogP contribution is 2.16. The molecule has 0 saturated heterocycles. The molecule has 0 saturated carbocycles. The van der Waals surface area contributed by atoms with E-state index in [2.05, 4.69) is 26.5 Å². The monoisotopic (exact) mass is 420 g/mol. The normalized spacial score (nSPS) is 11.8. The summed E-state index contributed by atoms with van der Waals surface area (Å²) in [6.45, 7) is 1.29. The standard InChI is InChI=1S/C18H17BrN2O5/c1-12(18(23)24)26-16-6-2-13(3-7-16)10-20-21-17(22)11-25-15-8-4-14(19)5-9-15/h2-10,12H,11H2,1H3,(H,21,22)(H,23,24)/b20-10-/t12-/m0/s1. The number of amides is 1. The van der Waals surface area contributed by atoms with Gasteiger partial charge in [0.1, 0.15) is 11.5 Å². The van der Waals surface area contributed by atoms with Crippen molar-refractivity contribution in [3.8, 4) is 11.5 Å². The van der Waals surface area contributed by atoms with Crippen LogP contribution in [-0.4, -0.2) is 35.9 Å². The maximum Gasteiger partial charge on any atom is 0.344 e. The van der Waals surface area contributed by atoms with E-state index in [4.69, 9.17) is 14.6 Å². The highest BCUT2D eigenvalue weighted by Gasteiger charge is 2.11. The zero-order chi connectivity index (χ0) is 18.9. The predicted octanol–water partition coefficient (Wildman–Crippen LogP) is 2.83. The molecule has 0 aliphatic rings. The van der Waals surface area contributed by atoms with Crippen LogP contribution in [0.2, 0.25) is 0 Å². The van der Waals surface area contributed by atoms with Gasteiger partial charge in [-0.15, -0.1) is 0 Å². The number of carboxylic acid groups (broad SMARTS) is 1. The second kappa shape index (κ2) is 9.57. The van der Waals surface area contributed by atoms with Crippen molar-refractivity contribution in [3.05, 3.63) is 58.6 Å². The summed E-state index contributed by atoms with van der Waals surface area (Å²) in [5.74, 6) is -0.411. The van der Waals surface area contributed by atoms with E-state index in [0.717, 1.165) is 10.0 Å². The Morgan fingerprint density at radius 2 is 1.77 bits per heavy atom. The summed E-state index contributed by atoms with van der Waals surface area (Å²) < 4.78 is 11.5. The van der Waals surface area contributed by atoms with Gasteiger partial charge < -0.3 is 14.6 Å². The summed E-state index contributed by atoms with van der Waals surface area (Å²) in [6, 6.07) is 13.8. The van der Waals surface area contributed by atoms with Gasteiger partial charge in [0.05, 0.1) is 6.21 Å². The minimum absolute atomic E-state index is 0.154. The summed E-state index contributed by atoms with van der Waals surface area (Å²) in [5, 5.41) is 12.6. The van der Waals surface area contributed by atoms with Crippen LogP contribution in [0.15, 0.2) is 58.1 Å². The first-order chi connectivity index (χ1) is 12.4. The number of aliphatic carboxylic acids is 1. The number of rotatable bonds is 8. The third kappa shape index (κ3) is 6.56. The van der Waals surface area contributed by atoms with E-state index < -0.39 is 12.1 Å². The number of hydrazone groups is 1. The molecule has 1 atom stereocenters. The van der Waals surface area contributed by atoms with Crippen LogP contribution in [0.5, 0.6) is 11.5 Å². The molecule has 0 heterocycles. The van der Waals surface area contributed by atoms with Gasteiger partial charge in [-0.05, 0) is 61.0 Å². The van der Waals surface area contributed by atoms with E-state index in [1.54, 1.807) is 36.4 Å². The molecular formula is C18H17BrN2O5. The second-order valence-corrected chi connectivity index (χ2v) is 6.12. The van der Waals surface area contributed by atoms with E-state index in [-0.39, 0.29) is 12.5 Å². The topological polar surface area (TPSA) is 97.2 Å². The summed E-state index contributed by atoms with van der Waals surface area (Å²) in [4.78, 5) is 22.4. The largest absolute Gasteiger partial charge is 0.484 e. The SMILES string of the molecule is C[C@H](Oc1ccc(/C=N\NC(=O)COc2ccc(Br)cc2)cc1)C(=O)O. The van der Waals surface area contributed by atoms with Crippen molar-refractivity contribution in [3.63, 3.8) is 0 Å². The molecule has 0 aromatic heterocycles. The van der Waals surface area contributed by atoms with Gasteiger partial charge in [0.2, 0.25) is 0 Å². The summed E-state index contributed by atoms with van der Waals surface area (Å²) >= 11 is 3.32. The number of nitrogens with zero attached hydrogens (tertiary/aromatic N) is 1. The lowest BCUT2D eigenvalue weighted by Gasteiger charge is -2.09. The molecule has 0 aliphatic heterocycles. The van der Waals surface area contributed by atoms with E-state index in [0.29, 0.717) is 11.5 Å². The lowest BCUT2D eigenvalue weighted by Crippen LogP contribution is -2.24. The number of halogens is 1. The van der Waals surface area contributed by atoms with Crippen molar-refractivity contribution in [2.75, 3.05) is 6.61 Å². The van der Waals surface area contributed by atoms with Crippen LogP contribution in [0.25, 0.3) is 0 Å². The van der Waals surface area contributed by atoms with Crippen molar-refractivity contribution in [2.24, 2.45) is 5.10 Å². The first kappa shape index (κ1) is 19.5. The molecule has 0 bridgehead atoms. The Bertz CT molecular complexity index is 775. The fraction of sp³-hybridized carbons (Fsp3) is 0.167. The molecule has 2 aromatic carbocycles. The summed E-state index contributed by atoms with van der Waals surface area (Å²) in [6.07, 6.45) is 0.529. The van der Waals surface area contributed by atoms with Gasteiger partial charge >= 0.3 is 5.97 Å². The first-order valence-electron chi connectivity index (χ1n) is 7.64. The van der Waals surface area contributed by atoms with E-state index in [9.17, 15) is 9.59 Å². The Morgan fingerprint density at radius 1 is 1.15 bits per heavy atom. The van der Waals surface area contributed by atoms with Gasteiger partial charge in [0.15, 0.2) is 12.7 Å². The summed E-state index contributed by atoms with van der Waals surface area (Å²) in [7, 11) is 0. The van der Waals surface area contributed by atoms with Crippen LogP contribution >= 0.6 is 15.9 Å². The van der Waals surface area contributed by atoms with Crippen molar-refractivity contribution < 1.29 is 24.2 Å². The number of nitrogens with one attached hydrogen (secondary N) is 1. The average molecular weight is 421 g/mol. The fourth-order valence-corrected chi connectivity index (χ4v) is 2.04. The Kier molecular flexibility index (Phi) is 7.16. The fourth-order valence-electron chi connectivity index (χ4n) is 1.78. The predicted molar refractivity (Wildman–Crippen MR) is 99.5 cm³/mol. The summed E-state index contributed by atoms with van der Waals surface area (Å²) in [5.41, 5.74) is 3.08. The number of hydrogen-bond donors (Lipinski definition) is 2. The van der Waals surface area contributed by atoms with E-state index >= 15 is 0 Å². The Labute approximate surface area is 158 Å². The zero-order valence-electron chi connectivity index (χ0n) is 13.9. The van der Waals surface area contributed by atoms with Gasteiger partial charge in [0, 0.05) is 4.47 Å². The molecule has 0 radical (unpaired) electrons. The minimum Gasteiger partial charge on any atom is -0.484 e. The molecular weight excluding hydrogens is 404 g/mol. The van der Waals surface area contributed by atoms with Crippen molar-refractivity contribution in [2.45, 2.75) is 13.0 Å². The van der Waals surface area contributed by atoms with Gasteiger partial charge in [-0.1, -0.05) is 15.9 Å². The van der Waals surface area contributed by atoms with E-state index in [1.165, 1.54) is 13.1 Å². The molecule has 26 heavy (non-hydrogen) atoms. The molecule has 0 fully saturated rings. The Balaban J connectivity index is 1.77. The van der Waals surface area contributed by atoms with Crippen LogP contribution in [0.1, 0.15) is 12.5 Å². The van der Waals surface area contributed by atoms with Gasteiger partial charge in [-0.2, -0.15) is 5.10 Å². The molecule has 7 nitrogen and oxygen atoms in total. The first-order valence-corrected chi connectivity index (χ1v) is 8.43. The minimum atomic E-state index is -1.04. The highest BCUT2D eigenvalue weighted by atomic mass is 79.9. The lowest BCUT2D eigenvalue weighted by atomic mass is 10.2. The van der Waals surface area contributed by atoms with Crippen LogP contribution in [0, 0.1) is 0 Å². The molecule has 2 rings (SSSR count). The second-order valence-electron chi connectivity index (χ2n) is 5.20. The Morgan fingerprint density at radius 3 is 2.38 bits per heavy atom. The zero-order valence-corrected chi connectivity index (χ0v) is 15.5. The molecule has 1 amide bonds. The number of benzene rings is 2. The third-order valence-electron chi connectivity index (χ3n) is 3.13. The molecule has 136 valence electrons. The van der Waals surface area contributed by atoms with Gasteiger partial charge in [-0.25, -0.2) is 10.2 Å². The lowest BCUT2D eigenvalue weighted by molar-refractivity contribution is -0.144. The van der Waals surface area contributed by atoms with E-state index in [1.807, 2.05) is 12.1 Å². The molecule has 2 aromatic rings. The number of ether oxygens (including phenoxy) is 2. The average Bonchev–Trinajstić information content (AvgIpc) is 2.62. The van der Waals surface area contributed by atoms with Gasteiger partial charge in [-0.3, -0.25) is 4.79 Å². The number of carbonyl (C=O) groups excluding carboxylic acids is 1. The van der Waals surface area contributed by atoms with Crippen molar-refractivity contribution in [1.82, 2.24) is 5.43 Å². The maximum absolute atomic E-state index is 11.7. The highest BCUT2D eigenvalue weighted by molar-refractivity contribution is 9.10. The van der Waals surface area contributed by atoms with Gasteiger partial charge in [0.25, 0.3) is 5.91 Å².